The van der Waals surface area contributed by atoms with Crippen LogP contribution >= 0.6 is 0 Å². The van der Waals surface area contributed by atoms with Crippen molar-refractivity contribution >= 4 is 5.97 Å². The fourth-order valence-electron chi connectivity index (χ4n) is 4.61. The molecule has 4 heteroatoms. The molecule has 3 aliphatic rings. The van der Waals surface area contributed by atoms with Crippen LogP contribution in [0.3, 0.4) is 0 Å². The SMILES string of the molecule is O=C(Oc1ccccn1)C1CC2COC3(CCCC3)C2C1. The van der Waals surface area contributed by atoms with E-state index in [-0.39, 0.29) is 17.5 Å². The maximum absolute atomic E-state index is 12.3. The molecule has 112 valence electrons. The quantitative estimate of drug-likeness (QED) is 0.785. The van der Waals surface area contributed by atoms with Crippen molar-refractivity contribution in [3.63, 3.8) is 0 Å². The molecule has 1 aromatic rings. The number of hydrogen-bond acceptors (Lipinski definition) is 4. The van der Waals surface area contributed by atoms with E-state index in [2.05, 4.69) is 4.98 Å². The average Bonchev–Trinajstić information content (AvgIpc) is 3.20. The first-order valence-electron chi connectivity index (χ1n) is 8.03. The number of ether oxygens (including phenoxy) is 2. The van der Waals surface area contributed by atoms with E-state index in [9.17, 15) is 4.79 Å². The fraction of sp³-hybridized carbons (Fsp3) is 0.647. The summed E-state index contributed by atoms with van der Waals surface area (Å²) in [6, 6.07) is 5.38. The van der Waals surface area contributed by atoms with E-state index in [1.165, 1.54) is 25.7 Å². The zero-order valence-corrected chi connectivity index (χ0v) is 12.2. The van der Waals surface area contributed by atoms with Crippen molar-refractivity contribution in [1.82, 2.24) is 4.98 Å². The molecule has 0 bridgehead atoms. The van der Waals surface area contributed by atoms with Gasteiger partial charge in [-0.1, -0.05) is 18.9 Å². The van der Waals surface area contributed by atoms with E-state index >= 15 is 0 Å². The van der Waals surface area contributed by atoms with Crippen molar-refractivity contribution in [1.29, 1.82) is 0 Å². The first-order chi connectivity index (χ1) is 10.3. The Morgan fingerprint density at radius 1 is 1.29 bits per heavy atom. The van der Waals surface area contributed by atoms with Crippen molar-refractivity contribution in [3.8, 4) is 5.88 Å². The van der Waals surface area contributed by atoms with Crippen LogP contribution in [0.4, 0.5) is 0 Å². The third-order valence-corrected chi connectivity index (χ3v) is 5.58. The van der Waals surface area contributed by atoms with E-state index in [4.69, 9.17) is 9.47 Å². The van der Waals surface area contributed by atoms with Gasteiger partial charge in [0, 0.05) is 12.3 Å². The van der Waals surface area contributed by atoms with Crippen molar-refractivity contribution in [2.75, 3.05) is 6.61 Å². The zero-order chi connectivity index (χ0) is 14.3. The Kier molecular flexibility index (Phi) is 3.21. The third kappa shape index (κ3) is 2.26. The number of aromatic nitrogens is 1. The molecule has 2 saturated carbocycles. The molecule has 21 heavy (non-hydrogen) atoms. The smallest absolute Gasteiger partial charge is 0.315 e. The number of nitrogens with zero attached hydrogens (tertiary/aromatic N) is 1. The van der Waals surface area contributed by atoms with E-state index in [1.54, 1.807) is 12.3 Å². The van der Waals surface area contributed by atoms with E-state index < -0.39 is 0 Å². The van der Waals surface area contributed by atoms with Crippen LogP contribution in [0.15, 0.2) is 24.4 Å². The highest BCUT2D eigenvalue weighted by atomic mass is 16.5. The summed E-state index contributed by atoms with van der Waals surface area (Å²) in [5.74, 6) is 1.41. The Hall–Kier alpha value is -1.42. The molecule has 2 heterocycles. The topological polar surface area (TPSA) is 48.4 Å². The minimum absolute atomic E-state index is 0.0170. The molecule has 1 aliphatic heterocycles. The average molecular weight is 287 g/mol. The van der Waals surface area contributed by atoms with Gasteiger partial charge >= 0.3 is 5.97 Å². The van der Waals surface area contributed by atoms with Crippen molar-refractivity contribution in [2.24, 2.45) is 17.8 Å². The highest BCUT2D eigenvalue weighted by Crippen LogP contribution is 2.55. The molecule has 0 aromatic carbocycles. The minimum atomic E-state index is -0.115. The second kappa shape index (κ2) is 5.09. The Bertz CT molecular complexity index is 524. The molecular formula is C17H21NO3. The van der Waals surface area contributed by atoms with Gasteiger partial charge in [0.05, 0.1) is 18.1 Å². The van der Waals surface area contributed by atoms with Crippen LogP contribution in [0.1, 0.15) is 38.5 Å². The summed E-state index contributed by atoms with van der Waals surface area (Å²) in [6.07, 6.45) is 8.38. The predicted molar refractivity (Wildman–Crippen MR) is 76.7 cm³/mol. The molecule has 1 spiro atoms. The molecule has 4 nitrogen and oxygen atoms in total. The standard InChI is InChI=1S/C17H21NO3/c19-16(21-15-5-1-4-8-18-15)12-9-13-11-20-17(14(13)10-12)6-2-3-7-17/h1,4-5,8,12-14H,2-3,6-7,9-11H2. The third-order valence-electron chi connectivity index (χ3n) is 5.58. The van der Waals surface area contributed by atoms with Crippen LogP contribution in [-0.2, 0) is 9.53 Å². The number of esters is 1. The van der Waals surface area contributed by atoms with Crippen LogP contribution in [0.25, 0.3) is 0 Å². The lowest BCUT2D eigenvalue weighted by Gasteiger charge is -2.29. The largest absolute Gasteiger partial charge is 0.407 e. The summed E-state index contributed by atoms with van der Waals surface area (Å²) in [4.78, 5) is 16.4. The monoisotopic (exact) mass is 287 g/mol. The Balaban J connectivity index is 1.43. The Morgan fingerprint density at radius 3 is 2.90 bits per heavy atom. The van der Waals surface area contributed by atoms with Gasteiger partial charge in [-0.25, -0.2) is 4.98 Å². The second-order valence-corrected chi connectivity index (χ2v) is 6.71. The number of rotatable bonds is 2. The predicted octanol–water partition coefficient (Wildman–Crippen LogP) is 2.97. The molecule has 2 aliphatic carbocycles. The highest BCUT2D eigenvalue weighted by Gasteiger charge is 2.56. The van der Waals surface area contributed by atoms with Crippen molar-refractivity contribution < 1.29 is 14.3 Å². The maximum Gasteiger partial charge on any atom is 0.315 e. The normalized spacial score (nSPS) is 33.2. The van der Waals surface area contributed by atoms with Gasteiger partial charge in [0.15, 0.2) is 0 Å². The first kappa shape index (κ1) is 13.3. The van der Waals surface area contributed by atoms with Crippen LogP contribution < -0.4 is 4.74 Å². The minimum Gasteiger partial charge on any atom is -0.407 e. The van der Waals surface area contributed by atoms with Crippen LogP contribution in [0.2, 0.25) is 0 Å². The van der Waals surface area contributed by atoms with E-state index in [0.29, 0.717) is 17.7 Å². The number of pyridine rings is 1. The van der Waals surface area contributed by atoms with Gasteiger partial charge in [0.2, 0.25) is 5.88 Å². The molecule has 3 unspecified atom stereocenters. The van der Waals surface area contributed by atoms with Crippen molar-refractivity contribution in [2.45, 2.75) is 44.1 Å². The van der Waals surface area contributed by atoms with E-state index in [1.807, 2.05) is 12.1 Å². The summed E-state index contributed by atoms with van der Waals surface area (Å²) < 4.78 is 11.6. The molecule has 0 N–H and O–H groups in total. The van der Waals surface area contributed by atoms with Crippen LogP contribution in [0, 0.1) is 17.8 Å². The van der Waals surface area contributed by atoms with Gasteiger partial charge in [-0.2, -0.15) is 0 Å². The molecule has 3 atom stereocenters. The number of hydrogen-bond donors (Lipinski definition) is 0. The number of carbonyl (C=O) groups excluding carboxylic acids is 1. The molecule has 4 rings (SSSR count). The van der Waals surface area contributed by atoms with Gasteiger partial charge in [-0.3, -0.25) is 4.79 Å². The summed E-state index contributed by atoms with van der Waals surface area (Å²) in [7, 11) is 0. The van der Waals surface area contributed by atoms with Gasteiger partial charge in [-0.15, -0.1) is 0 Å². The lowest BCUT2D eigenvalue weighted by Crippen LogP contribution is -2.33. The molecule has 0 amide bonds. The number of carbonyl (C=O) groups is 1. The summed E-state index contributed by atoms with van der Waals surface area (Å²) in [6.45, 7) is 0.831. The van der Waals surface area contributed by atoms with E-state index in [0.717, 1.165) is 19.4 Å². The Labute approximate surface area is 124 Å². The second-order valence-electron chi connectivity index (χ2n) is 6.71. The lowest BCUT2D eigenvalue weighted by molar-refractivity contribution is -0.139. The van der Waals surface area contributed by atoms with Crippen molar-refractivity contribution in [3.05, 3.63) is 24.4 Å². The Morgan fingerprint density at radius 2 is 2.14 bits per heavy atom. The maximum atomic E-state index is 12.3. The van der Waals surface area contributed by atoms with Gasteiger partial charge in [-0.05, 0) is 43.6 Å². The van der Waals surface area contributed by atoms with Crippen LogP contribution in [-0.4, -0.2) is 23.2 Å². The zero-order valence-electron chi connectivity index (χ0n) is 12.2. The molecule has 0 radical (unpaired) electrons. The van der Waals surface area contributed by atoms with Gasteiger partial charge in [0.1, 0.15) is 0 Å². The summed E-state index contributed by atoms with van der Waals surface area (Å²) in [5, 5.41) is 0. The molecule has 3 fully saturated rings. The first-order valence-corrected chi connectivity index (χ1v) is 8.03. The fourth-order valence-corrected chi connectivity index (χ4v) is 4.61. The van der Waals surface area contributed by atoms with Gasteiger partial charge < -0.3 is 9.47 Å². The highest BCUT2D eigenvalue weighted by molar-refractivity contribution is 5.75. The molecule has 1 saturated heterocycles. The lowest BCUT2D eigenvalue weighted by atomic mass is 9.82. The summed E-state index contributed by atoms with van der Waals surface area (Å²) in [5.41, 5.74) is 0.0880. The summed E-state index contributed by atoms with van der Waals surface area (Å²) >= 11 is 0. The number of fused-ring (bicyclic) bond motifs is 2. The molecular weight excluding hydrogens is 266 g/mol. The van der Waals surface area contributed by atoms with Crippen LogP contribution in [0.5, 0.6) is 5.88 Å². The molecule has 1 aromatic heterocycles. The van der Waals surface area contributed by atoms with Gasteiger partial charge in [0.25, 0.3) is 0 Å².